The Kier molecular flexibility index (Phi) is 5.86. The van der Waals surface area contributed by atoms with Crippen molar-refractivity contribution < 1.29 is 10.2 Å². The second-order valence-corrected chi connectivity index (χ2v) is 6.66. The van der Waals surface area contributed by atoms with E-state index in [0.29, 0.717) is 17.7 Å². The van der Waals surface area contributed by atoms with Crippen LogP contribution in [0.5, 0.6) is 11.5 Å². The van der Waals surface area contributed by atoms with E-state index in [1.165, 1.54) is 17.4 Å². The standard InChI is InChI=1S/C20H21N3O2S/c1-2-6-14-9-17(20(25)11-19(14)24)18(10-16-12-26-13-21-16)23-22-15-7-4-3-5-8-15/h3-5,7-9,11-13,22,24-25H,2,6,10H2,1H3. The largest absolute Gasteiger partial charge is 0.508 e. The fraction of sp³-hybridized carbons (Fsp3) is 0.200. The summed E-state index contributed by atoms with van der Waals surface area (Å²) in [6, 6.07) is 12.8. The third-order valence-corrected chi connectivity index (χ3v) is 4.59. The van der Waals surface area contributed by atoms with Gasteiger partial charge in [-0.05, 0) is 30.2 Å². The highest BCUT2D eigenvalue weighted by atomic mass is 32.1. The molecular weight excluding hydrogens is 346 g/mol. The number of anilines is 1. The molecule has 3 N–H and O–H groups in total. The highest BCUT2D eigenvalue weighted by Crippen LogP contribution is 2.29. The van der Waals surface area contributed by atoms with Gasteiger partial charge in [0.05, 0.1) is 22.6 Å². The van der Waals surface area contributed by atoms with Gasteiger partial charge in [-0.15, -0.1) is 11.3 Å². The van der Waals surface area contributed by atoms with Crippen molar-refractivity contribution in [3.8, 4) is 11.5 Å². The third-order valence-electron chi connectivity index (χ3n) is 3.95. The summed E-state index contributed by atoms with van der Waals surface area (Å²) < 4.78 is 0. The minimum absolute atomic E-state index is 0.00574. The molecule has 2 aromatic carbocycles. The Balaban J connectivity index is 1.98. The molecule has 0 spiro atoms. The van der Waals surface area contributed by atoms with Gasteiger partial charge in [0.15, 0.2) is 0 Å². The number of nitrogens with zero attached hydrogens (tertiary/aromatic N) is 2. The van der Waals surface area contributed by atoms with Crippen molar-refractivity contribution in [2.24, 2.45) is 5.10 Å². The van der Waals surface area contributed by atoms with Crippen LogP contribution in [0.4, 0.5) is 5.69 Å². The van der Waals surface area contributed by atoms with Gasteiger partial charge in [-0.3, -0.25) is 5.43 Å². The van der Waals surface area contributed by atoms with Gasteiger partial charge < -0.3 is 10.2 Å². The smallest absolute Gasteiger partial charge is 0.128 e. The van der Waals surface area contributed by atoms with Crippen molar-refractivity contribution in [1.29, 1.82) is 0 Å². The van der Waals surface area contributed by atoms with Crippen molar-refractivity contribution >= 4 is 22.7 Å². The van der Waals surface area contributed by atoms with Crippen LogP contribution in [-0.2, 0) is 12.8 Å². The number of hydrogen-bond donors (Lipinski definition) is 3. The monoisotopic (exact) mass is 367 g/mol. The fourth-order valence-electron chi connectivity index (χ4n) is 2.66. The zero-order chi connectivity index (χ0) is 18.4. The number of hydrazone groups is 1. The maximum Gasteiger partial charge on any atom is 0.128 e. The summed E-state index contributed by atoms with van der Waals surface area (Å²) in [5.74, 6) is 0.114. The average Bonchev–Trinajstić information content (AvgIpc) is 3.15. The number of rotatable bonds is 7. The van der Waals surface area contributed by atoms with Crippen molar-refractivity contribution in [3.63, 3.8) is 0 Å². The Morgan fingerprint density at radius 2 is 1.96 bits per heavy atom. The lowest BCUT2D eigenvalue weighted by Crippen LogP contribution is -2.10. The molecule has 5 nitrogen and oxygen atoms in total. The summed E-state index contributed by atoms with van der Waals surface area (Å²) in [6.07, 6.45) is 2.11. The van der Waals surface area contributed by atoms with Crippen LogP contribution >= 0.6 is 11.3 Å². The lowest BCUT2D eigenvalue weighted by Gasteiger charge is -2.12. The molecule has 3 aromatic rings. The number of para-hydroxylation sites is 1. The third kappa shape index (κ3) is 4.40. The molecule has 26 heavy (non-hydrogen) atoms. The van der Waals surface area contributed by atoms with Crippen molar-refractivity contribution in [2.75, 3.05) is 5.43 Å². The van der Waals surface area contributed by atoms with Crippen LogP contribution in [0.1, 0.15) is 30.2 Å². The second-order valence-electron chi connectivity index (χ2n) is 5.94. The number of aromatic hydroxyl groups is 2. The molecule has 0 saturated carbocycles. The first kappa shape index (κ1) is 17.9. The molecule has 3 rings (SSSR count). The first-order chi connectivity index (χ1) is 12.7. The normalized spacial score (nSPS) is 11.5. The van der Waals surface area contributed by atoms with Crippen LogP contribution < -0.4 is 5.43 Å². The zero-order valence-corrected chi connectivity index (χ0v) is 15.3. The minimum atomic E-state index is 0.00574. The van der Waals surface area contributed by atoms with Crippen LogP contribution in [0.15, 0.2) is 58.5 Å². The lowest BCUT2D eigenvalue weighted by atomic mass is 9.99. The van der Waals surface area contributed by atoms with Gasteiger partial charge in [-0.2, -0.15) is 5.10 Å². The van der Waals surface area contributed by atoms with Crippen molar-refractivity contribution in [2.45, 2.75) is 26.2 Å². The van der Waals surface area contributed by atoms with E-state index in [1.54, 1.807) is 5.51 Å². The van der Waals surface area contributed by atoms with E-state index in [2.05, 4.69) is 15.5 Å². The SMILES string of the molecule is CCCc1cc(C(Cc2cscn2)=NNc2ccccc2)c(O)cc1O. The molecule has 0 aliphatic heterocycles. The summed E-state index contributed by atoms with van der Waals surface area (Å²) in [5.41, 5.74) is 8.61. The van der Waals surface area contributed by atoms with Crippen LogP contribution in [0.3, 0.4) is 0 Å². The Morgan fingerprint density at radius 1 is 1.15 bits per heavy atom. The molecule has 0 saturated heterocycles. The van der Waals surface area contributed by atoms with Gasteiger partial charge in [0, 0.05) is 23.4 Å². The molecule has 1 aromatic heterocycles. The summed E-state index contributed by atoms with van der Waals surface area (Å²) in [7, 11) is 0. The quantitative estimate of drug-likeness (QED) is 0.422. The Bertz CT molecular complexity index is 878. The Morgan fingerprint density at radius 3 is 2.65 bits per heavy atom. The summed E-state index contributed by atoms with van der Waals surface area (Å²) in [4.78, 5) is 4.32. The van der Waals surface area contributed by atoms with Gasteiger partial charge in [-0.1, -0.05) is 31.5 Å². The number of aromatic nitrogens is 1. The first-order valence-electron chi connectivity index (χ1n) is 8.47. The molecular formula is C20H21N3O2S. The van der Waals surface area contributed by atoms with Crippen molar-refractivity contribution in [1.82, 2.24) is 4.98 Å². The number of thiazole rings is 1. The van der Waals surface area contributed by atoms with Gasteiger partial charge in [-0.25, -0.2) is 4.98 Å². The number of hydrogen-bond acceptors (Lipinski definition) is 6. The number of phenolic OH excluding ortho intramolecular Hbond substituents is 2. The molecule has 134 valence electrons. The maximum absolute atomic E-state index is 10.4. The number of nitrogens with one attached hydrogen (secondary N) is 1. The predicted octanol–water partition coefficient (Wildman–Crippen LogP) is 4.57. The number of benzene rings is 2. The molecule has 0 radical (unpaired) electrons. The van der Waals surface area contributed by atoms with E-state index in [9.17, 15) is 10.2 Å². The van der Waals surface area contributed by atoms with E-state index in [-0.39, 0.29) is 11.5 Å². The lowest BCUT2D eigenvalue weighted by molar-refractivity contribution is 0.445. The van der Waals surface area contributed by atoms with Gasteiger partial charge in [0.2, 0.25) is 0 Å². The second kappa shape index (κ2) is 8.49. The van der Waals surface area contributed by atoms with Crippen LogP contribution in [-0.4, -0.2) is 20.9 Å². The highest BCUT2D eigenvalue weighted by molar-refractivity contribution is 7.07. The van der Waals surface area contributed by atoms with Crippen LogP contribution in [0.2, 0.25) is 0 Å². The number of aryl methyl sites for hydroxylation is 1. The average molecular weight is 367 g/mol. The topological polar surface area (TPSA) is 77.7 Å². The first-order valence-corrected chi connectivity index (χ1v) is 9.41. The Labute approximate surface area is 156 Å². The predicted molar refractivity (Wildman–Crippen MR) is 106 cm³/mol. The van der Waals surface area contributed by atoms with Crippen LogP contribution in [0, 0.1) is 0 Å². The van der Waals surface area contributed by atoms with Crippen LogP contribution in [0.25, 0.3) is 0 Å². The fourth-order valence-corrected chi connectivity index (χ4v) is 3.22. The molecule has 0 aliphatic carbocycles. The van der Waals surface area contributed by atoms with E-state index in [4.69, 9.17) is 0 Å². The summed E-state index contributed by atoms with van der Waals surface area (Å²) in [6.45, 7) is 2.05. The van der Waals surface area contributed by atoms with E-state index < -0.39 is 0 Å². The molecule has 0 atom stereocenters. The molecule has 0 bridgehead atoms. The molecule has 0 unspecified atom stereocenters. The molecule has 6 heteroatoms. The van der Waals surface area contributed by atoms with Gasteiger partial charge >= 0.3 is 0 Å². The summed E-state index contributed by atoms with van der Waals surface area (Å²) in [5, 5.41) is 26.9. The van der Waals surface area contributed by atoms with E-state index in [0.717, 1.165) is 29.8 Å². The van der Waals surface area contributed by atoms with Gasteiger partial charge in [0.25, 0.3) is 0 Å². The molecule has 1 heterocycles. The number of phenols is 2. The van der Waals surface area contributed by atoms with E-state index >= 15 is 0 Å². The van der Waals surface area contributed by atoms with Gasteiger partial charge in [0.1, 0.15) is 11.5 Å². The molecule has 0 aliphatic rings. The minimum Gasteiger partial charge on any atom is -0.508 e. The Hall–Kier alpha value is -2.86. The van der Waals surface area contributed by atoms with E-state index in [1.807, 2.05) is 48.7 Å². The highest BCUT2D eigenvalue weighted by Gasteiger charge is 2.15. The maximum atomic E-state index is 10.4. The summed E-state index contributed by atoms with van der Waals surface area (Å²) >= 11 is 1.52. The zero-order valence-electron chi connectivity index (χ0n) is 14.5. The molecule has 0 fully saturated rings. The molecule has 0 amide bonds. The van der Waals surface area contributed by atoms with Crippen molar-refractivity contribution in [3.05, 3.63) is 70.2 Å².